The second-order valence-electron chi connectivity index (χ2n) is 4.30. The fraction of sp³-hybridized carbons (Fsp3) is 1.00. The van der Waals surface area contributed by atoms with Gasteiger partial charge in [0.15, 0.2) is 0 Å². The molecule has 0 radical (unpaired) electrons. The van der Waals surface area contributed by atoms with E-state index in [0.29, 0.717) is 0 Å². The molecule has 1 aliphatic carbocycles. The molecule has 1 rings (SSSR count). The van der Waals surface area contributed by atoms with Crippen LogP contribution in [-0.4, -0.2) is 0 Å². The largest absolute Gasteiger partial charge is 0.0628 e. The maximum atomic E-state index is 2.38. The smallest absolute Gasteiger partial charge is 0.0386 e. The van der Waals surface area contributed by atoms with Crippen LogP contribution in [0.25, 0.3) is 0 Å². The van der Waals surface area contributed by atoms with Gasteiger partial charge < -0.3 is 0 Å². The standard InChI is InChI=1S/C10H20/c1-8(2)5-4-6-10-7-9(10)3/h8-10H,4-7H2,1-3H3/t9-,10-/m0/s1. The summed E-state index contributed by atoms with van der Waals surface area (Å²) in [6, 6.07) is 0. The Balaban J connectivity index is 1.87. The van der Waals surface area contributed by atoms with Crippen LogP contribution in [0.2, 0.25) is 0 Å². The predicted octanol–water partition coefficient (Wildman–Crippen LogP) is 3.47. The van der Waals surface area contributed by atoms with Crippen molar-refractivity contribution in [2.75, 3.05) is 0 Å². The first kappa shape index (κ1) is 8.10. The average Bonchev–Trinajstić information content (AvgIpc) is 2.46. The molecule has 10 heavy (non-hydrogen) atoms. The molecule has 0 unspecified atom stereocenters. The molecule has 0 N–H and O–H groups in total. The lowest BCUT2D eigenvalue weighted by molar-refractivity contribution is 0.511. The van der Waals surface area contributed by atoms with Crippen molar-refractivity contribution in [2.24, 2.45) is 17.8 Å². The number of rotatable bonds is 4. The third-order valence-electron chi connectivity index (χ3n) is 2.63. The van der Waals surface area contributed by atoms with Crippen molar-refractivity contribution in [3.63, 3.8) is 0 Å². The van der Waals surface area contributed by atoms with Crippen LogP contribution >= 0.6 is 0 Å². The Labute approximate surface area is 65.0 Å². The maximum absolute atomic E-state index is 2.38. The lowest BCUT2D eigenvalue weighted by Gasteiger charge is -2.02. The van der Waals surface area contributed by atoms with Crippen LogP contribution in [0.4, 0.5) is 0 Å². The highest BCUT2D eigenvalue weighted by Crippen LogP contribution is 2.41. The van der Waals surface area contributed by atoms with E-state index < -0.39 is 0 Å². The summed E-state index contributed by atoms with van der Waals surface area (Å²) in [7, 11) is 0. The monoisotopic (exact) mass is 140 g/mol. The first-order valence-corrected chi connectivity index (χ1v) is 4.70. The van der Waals surface area contributed by atoms with Crippen LogP contribution in [0.3, 0.4) is 0 Å². The third-order valence-corrected chi connectivity index (χ3v) is 2.63. The van der Waals surface area contributed by atoms with Crippen LogP contribution in [0.5, 0.6) is 0 Å². The van der Waals surface area contributed by atoms with Gasteiger partial charge in [0.05, 0.1) is 0 Å². The zero-order valence-electron chi connectivity index (χ0n) is 7.56. The molecule has 0 saturated heterocycles. The van der Waals surface area contributed by atoms with Crippen molar-refractivity contribution in [3.8, 4) is 0 Å². The van der Waals surface area contributed by atoms with Crippen molar-refractivity contribution >= 4 is 0 Å². The number of hydrogen-bond donors (Lipinski definition) is 0. The van der Waals surface area contributed by atoms with E-state index in [-0.39, 0.29) is 0 Å². The third kappa shape index (κ3) is 2.72. The van der Waals surface area contributed by atoms with E-state index in [0.717, 1.165) is 17.8 Å². The van der Waals surface area contributed by atoms with Gasteiger partial charge in [-0.1, -0.05) is 40.0 Å². The molecule has 60 valence electrons. The van der Waals surface area contributed by atoms with Crippen molar-refractivity contribution in [1.82, 2.24) is 0 Å². The molecular formula is C10H20. The minimum Gasteiger partial charge on any atom is -0.0628 e. The fourth-order valence-corrected chi connectivity index (χ4v) is 1.59. The normalized spacial score (nSPS) is 31.2. The maximum Gasteiger partial charge on any atom is -0.0386 e. The Kier molecular flexibility index (Phi) is 2.76. The van der Waals surface area contributed by atoms with Gasteiger partial charge in [-0.2, -0.15) is 0 Å². The highest BCUT2D eigenvalue weighted by Gasteiger charge is 2.31. The van der Waals surface area contributed by atoms with Gasteiger partial charge in [0, 0.05) is 0 Å². The van der Waals surface area contributed by atoms with Crippen LogP contribution in [0, 0.1) is 17.8 Å². The summed E-state index contributed by atoms with van der Waals surface area (Å²) in [6.45, 7) is 7.01. The molecular weight excluding hydrogens is 120 g/mol. The zero-order chi connectivity index (χ0) is 7.56. The van der Waals surface area contributed by atoms with Crippen LogP contribution < -0.4 is 0 Å². The van der Waals surface area contributed by atoms with Gasteiger partial charge in [-0.25, -0.2) is 0 Å². The molecule has 1 aliphatic rings. The van der Waals surface area contributed by atoms with Crippen LogP contribution in [0.15, 0.2) is 0 Å². The van der Waals surface area contributed by atoms with Crippen molar-refractivity contribution in [2.45, 2.75) is 46.5 Å². The summed E-state index contributed by atoms with van der Waals surface area (Å²) in [5.74, 6) is 3.08. The molecule has 1 saturated carbocycles. The molecule has 0 bridgehead atoms. The molecule has 0 aliphatic heterocycles. The molecule has 1 fully saturated rings. The summed E-state index contributed by atoms with van der Waals surface area (Å²) in [6.07, 6.45) is 5.91. The molecule has 0 aromatic heterocycles. The summed E-state index contributed by atoms with van der Waals surface area (Å²) in [5, 5.41) is 0. The SMILES string of the molecule is CC(C)CCC[C@H]1C[C@@H]1C. The Hall–Kier alpha value is 0. The Morgan fingerprint density at radius 3 is 2.40 bits per heavy atom. The van der Waals surface area contributed by atoms with Gasteiger partial charge in [-0.15, -0.1) is 0 Å². The molecule has 0 spiro atoms. The van der Waals surface area contributed by atoms with Gasteiger partial charge >= 0.3 is 0 Å². The lowest BCUT2D eigenvalue weighted by Crippen LogP contribution is -1.88. The fourth-order valence-electron chi connectivity index (χ4n) is 1.59. The number of hydrogen-bond acceptors (Lipinski definition) is 0. The quantitative estimate of drug-likeness (QED) is 0.561. The van der Waals surface area contributed by atoms with E-state index >= 15 is 0 Å². The van der Waals surface area contributed by atoms with Crippen LogP contribution in [0.1, 0.15) is 46.5 Å². The van der Waals surface area contributed by atoms with E-state index in [2.05, 4.69) is 20.8 Å². The highest BCUT2D eigenvalue weighted by molar-refractivity contribution is 4.81. The Morgan fingerprint density at radius 1 is 1.40 bits per heavy atom. The summed E-state index contributed by atoms with van der Waals surface area (Å²) in [4.78, 5) is 0. The molecule has 0 amide bonds. The van der Waals surface area contributed by atoms with Gasteiger partial charge in [0.2, 0.25) is 0 Å². The van der Waals surface area contributed by atoms with Gasteiger partial charge in [0.25, 0.3) is 0 Å². The molecule has 0 aromatic rings. The second-order valence-corrected chi connectivity index (χ2v) is 4.30. The van der Waals surface area contributed by atoms with E-state index in [1.54, 1.807) is 0 Å². The van der Waals surface area contributed by atoms with E-state index in [1.165, 1.54) is 25.7 Å². The van der Waals surface area contributed by atoms with Gasteiger partial charge in [0.1, 0.15) is 0 Å². The van der Waals surface area contributed by atoms with Gasteiger partial charge in [-0.05, 0) is 24.2 Å². The molecule has 0 nitrogen and oxygen atoms in total. The minimum atomic E-state index is 0.911. The van der Waals surface area contributed by atoms with E-state index in [9.17, 15) is 0 Å². The molecule has 2 atom stereocenters. The zero-order valence-corrected chi connectivity index (χ0v) is 7.56. The van der Waals surface area contributed by atoms with Gasteiger partial charge in [-0.3, -0.25) is 0 Å². The van der Waals surface area contributed by atoms with E-state index in [1.807, 2.05) is 0 Å². The van der Waals surface area contributed by atoms with Crippen molar-refractivity contribution in [3.05, 3.63) is 0 Å². The highest BCUT2D eigenvalue weighted by atomic mass is 14.4. The lowest BCUT2D eigenvalue weighted by atomic mass is 10.0. The average molecular weight is 140 g/mol. The topological polar surface area (TPSA) is 0 Å². The minimum absolute atomic E-state index is 0.911. The van der Waals surface area contributed by atoms with E-state index in [4.69, 9.17) is 0 Å². The second kappa shape index (κ2) is 3.41. The van der Waals surface area contributed by atoms with Crippen molar-refractivity contribution in [1.29, 1.82) is 0 Å². The molecule has 0 aromatic carbocycles. The first-order chi connectivity index (χ1) is 4.70. The Morgan fingerprint density at radius 2 is 2.00 bits per heavy atom. The molecule has 0 heteroatoms. The predicted molar refractivity (Wildman–Crippen MR) is 46.0 cm³/mol. The summed E-state index contributed by atoms with van der Waals surface area (Å²) < 4.78 is 0. The Bertz CT molecular complexity index is 94.2. The summed E-state index contributed by atoms with van der Waals surface area (Å²) in [5.41, 5.74) is 0. The summed E-state index contributed by atoms with van der Waals surface area (Å²) >= 11 is 0. The van der Waals surface area contributed by atoms with Crippen molar-refractivity contribution < 1.29 is 0 Å². The molecule has 0 heterocycles. The van der Waals surface area contributed by atoms with Crippen LogP contribution in [-0.2, 0) is 0 Å². The first-order valence-electron chi connectivity index (χ1n) is 4.70.